The molecule has 1 aromatic rings. The van der Waals surface area contributed by atoms with Gasteiger partial charge in [-0.25, -0.2) is 0 Å². The highest BCUT2D eigenvalue weighted by Crippen LogP contribution is 2.31. The first kappa shape index (κ1) is 13.1. The van der Waals surface area contributed by atoms with Crippen LogP contribution in [0.4, 0.5) is 11.4 Å². The molecule has 1 heterocycles. The predicted octanol–water partition coefficient (Wildman–Crippen LogP) is 3.71. The number of alkyl halides is 1. The molecule has 1 aliphatic heterocycles. The Labute approximate surface area is 112 Å². The third-order valence-electron chi connectivity index (χ3n) is 3.58. The van der Waals surface area contributed by atoms with Crippen molar-refractivity contribution in [2.75, 3.05) is 11.4 Å². The molecule has 0 bridgehead atoms. The summed E-state index contributed by atoms with van der Waals surface area (Å²) in [5.74, 6) is 0.175. The summed E-state index contributed by atoms with van der Waals surface area (Å²) in [4.78, 5) is 12.8. The lowest BCUT2D eigenvalue weighted by molar-refractivity contribution is -0.385. The number of halogens is 1. The molecule has 0 aromatic heterocycles. The van der Waals surface area contributed by atoms with Gasteiger partial charge in [-0.05, 0) is 31.4 Å². The summed E-state index contributed by atoms with van der Waals surface area (Å²) >= 11 is 5.80. The van der Waals surface area contributed by atoms with Crippen LogP contribution in [-0.4, -0.2) is 17.5 Å². The largest absolute Gasteiger partial charge is 0.369 e. The summed E-state index contributed by atoms with van der Waals surface area (Å²) in [5.41, 5.74) is 1.77. The first-order chi connectivity index (χ1) is 8.67. The Balaban J connectivity index is 2.32. The number of nitro benzene ring substituents is 1. The van der Waals surface area contributed by atoms with Gasteiger partial charge in [-0.3, -0.25) is 10.1 Å². The average Bonchev–Trinajstić information content (AvgIpc) is 2.86. The molecule has 1 aromatic carbocycles. The van der Waals surface area contributed by atoms with E-state index in [-0.39, 0.29) is 16.5 Å². The zero-order chi connectivity index (χ0) is 13.1. The number of anilines is 1. The second-order valence-electron chi connectivity index (χ2n) is 4.60. The van der Waals surface area contributed by atoms with Crippen LogP contribution in [0.5, 0.6) is 0 Å². The van der Waals surface area contributed by atoms with Crippen molar-refractivity contribution in [3.8, 4) is 0 Å². The Morgan fingerprint density at radius 2 is 2.33 bits per heavy atom. The highest BCUT2D eigenvalue weighted by Gasteiger charge is 2.24. The molecule has 0 spiro atoms. The standard InChI is InChI=1S/C13H17ClN2O2/c1-2-11-4-3-7-15(11)12-5-6-13(16(17)18)10(8-12)9-14/h5-6,8,11H,2-4,7,9H2,1H3. The summed E-state index contributed by atoms with van der Waals surface area (Å²) in [6.45, 7) is 3.20. The molecular weight excluding hydrogens is 252 g/mol. The Bertz CT molecular complexity index is 451. The lowest BCUT2D eigenvalue weighted by Crippen LogP contribution is -2.28. The summed E-state index contributed by atoms with van der Waals surface area (Å²) in [7, 11) is 0. The van der Waals surface area contributed by atoms with Crippen molar-refractivity contribution in [1.82, 2.24) is 0 Å². The van der Waals surface area contributed by atoms with E-state index in [1.54, 1.807) is 6.07 Å². The second-order valence-corrected chi connectivity index (χ2v) is 4.87. The molecule has 1 unspecified atom stereocenters. The van der Waals surface area contributed by atoms with Crippen LogP contribution < -0.4 is 4.90 Å². The number of nitro groups is 1. The number of rotatable bonds is 4. The third-order valence-corrected chi connectivity index (χ3v) is 3.87. The van der Waals surface area contributed by atoms with Gasteiger partial charge in [0.2, 0.25) is 0 Å². The second kappa shape index (κ2) is 5.57. The zero-order valence-corrected chi connectivity index (χ0v) is 11.2. The average molecular weight is 269 g/mol. The molecule has 1 fully saturated rings. The maximum absolute atomic E-state index is 10.9. The quantitative estimate of drug-likeness (QED) is 0.475. The van der Waals surface area contributed by atoms with Gasteiger partial charge < -0.3 is 4.90 Å². The van der Waals surface area contributed by atoms with Crippen LogP contribution in [0, 0.1) is 10.1 Å². The number of hydrogen-bond donors (Lipinski definition) is 0. The Morgan fingerprint density at radius 1 is 1.56 bits per heavy atom. The molecule has 0 aliphatic carbocycles. The highest BCUT2D eigenvalue weighted by atomic mass is 35.5. The molecular formula is C13H17ClN2O2. The molecule has 1 atom stereocenters. The minimum Gasteiger partial charge on any atom is -0.369 e. The molecule has 1 saturated heterocycles. The van der Waals surface area contributed by atoms with E-state index in [2.05, 4.69) is 11.8 Å². The molecule has 2 rings (SSSR count). The maximum atomic E-state index is 10.9. The molecule has 4 nitrogen and oxygen atoms in total. The predicted molar refractivity (Wildman–Crippen MR) is 73.3 cm³/mol. The molecule has 0 amide bonds. The van der Waals surface area contributed by atoms with E-state index in [4.69, 9.17) is 11.6 Å². The Kier molecular flexibility index (Phi) is 4.07. The first-order valence-corrected chi connectivity index (χ1v) is 6.80. The topological polar surface area (TPSA) is 46.4 Å². The lowest BCUT2D eigenvalue weighted by atomic mass is 10.1. The van der Waals surface area contributed by atoms with Crippen LogP contribution in [0.3, 0.4) is 0 Å². The van der Waals surface area contributed by atoms with Crippen molar-refractivity contribution in [1.29, 1.82) is 0 Å². The smallest absolute Gasteiger partial charge is 0.273 e. The van der Waals surface area contributed by atoms with Crippen molar-refractivity contribution in [3.63, 3.8) is 0 Å². The van der Waals surface area contributed by atoms with Crippen LogP contribution in [0.1, 0.15) is 31.7 Å². The van der Waals surface area contributed by atoms with E-state index in [1.807, 2.05) is 12.1 Å². The fourth-order valence-electron chi connectivity index (χ4n) is 2.64. The minimum atomic E-state index is -0.372. The van der Waals surface area contributed by atoms with Gasteiger partial charge in [0.1, 0.15) is 0 Å². The van der Waals surface area contributed by atoms with Crippen LogP contribution in [0.15, 0.2) is 18.2 Å². The van der Waals surface area contributed by atoms with Crippen molar-refractivity contribution < 1.29 is 4.92 Å². The summed E-state index contributed by atoms with van der Waals surface area (Å²) in [5, 5.41) is 10.9. The van der Waals surface area contributed by atoms with E-state index in [9.17, 15) is 10.1 Å². The first-order valence-electron chi connectivity index (χ1n) is 6.27. The third kappa shape index (κ3) is 2.43. The van der Waals surface area contributed by atoms with E-state index < -0.39 is 0 Å². The van der Waals surface area contributed by atoms with Crippen LogP contribution in [0.25, 0.3) is 0 Å². The van der Waals surface area contributed by atoms with Gasteiger partial charge >= 0.3 is 0 Å². The fourth-order valence-corrected chi connectivity index (χ4v) is 2.85. The van der Waals surface area contributed by atoms with E-state index in [0.29, 0.717) is 11.6 Å². The molecule has 0 saturated carbocycles. The summed E-state index contributed by atoms with van der Waals surface area (Å²) in [6, 6.07) is 5.81. The summed E-state index contributed by atoms with van der Waals surface area (Å²) < 4.78 is 0. The minimum absolute atomic E-state index is 0.112. The molecule has 98 valence electrons. The van der Waals surface area contributed by atoms with E-state index in [0.717, 1.165) is 18.7 Å². The number of benzene rings is 1. The molecule has 0 N–H and O–H groups in total. The lowest BCUT2D eigenvalue weighted by Gasteiger charge is -2.26. The van der Waals surface area contributed by atoms with Gasteiger partial charge in [-0.2, -0.15) is 0 Å². The monoisotopic (exact) mass is 268 g/mol. The van der Waals surface area contributed by atoms with Gasteiger partial charge in [0.15, 0.2) is 0 Å². The van der Waals surface area contributed by atoms with Crippen LogP contribution in [-0.2, 0) is 5.88 Å². The Morgan fingerprint density at radius 3 is 2.94 bits per heavy atom. The zero-order valence-electron chi connectivity index (χ0n) is 10.4. The van der Waals surface area contributed by atoms with Gasteiger partial charge in [0.25, 0.3) is 5.69 Å². The number of nitrogens with zero attached hydrogens (tertiary/aromatic N) is 2. The highest BCUT2D eigenvalue weighted by molar-refractivity contribution is 6.17. The van der Waals surface area contributed by atoms with Gasteiger partial charge in [0.05, 0.1) is 10.8 Å². The van der Waals surface area contributed by atoms with Gasteiger partial charge in [0, 0.05) is 29.9 Å². The van der Waals surface area contributed by atoms with Crippen LogP contribution >= 0.6 is 11.6 Å². The SMILES string of the molecule is CCC1CCCN1c1ccc([N+](=O)[O-])c(CCl)c1. The van der Waals surface area contributed by atoms with E-state index in [1.165, 1.54) is 12.8 Å². The van der Waals surface area contributed by atoms with Crippen LogP contribution in [0.2, 0.25) is 0 Å². The van der Waals surface area contributed by atoms with Crippen molar-refractivity contribution in [3.05, 3.63) is 33.9 Å². The molecule has 0 radical (unpaired) electrons. The van der Waals surface area contributed by atoms with Gasteiger partial charge in [-0.15, -0.1) is 11.6 Å². The maximum Gasteiger partial charge on any atom is 0.273 e. The normalized spacial score (nSPS) is 19.2. The molecule has 1 aliphatic rings. The van der Waals surface area contributed by atoms with Crippen molar-refractivity contribution in [2.24, 2.45) is 0 Å². The van der Waals surface area contributed by atoms with Gasteiger partial charge in [-0.1, -0.05) is 6.92 Å². The molecule has 18 heavy (non-hydrogen) atoms. The molecule has 5 heteroatoms. The summed E-state index contributed by atoms with van der Waals surface area (Å²) in [6.07, 6.45) is 3.49. The Hall–Kier alpha value is -1.29. The van der Waals surface area contributed by atoms with E-state index >= 15 is 0 Å². The number of hydrogen-bond acceptors (Lipinski definition) is 3. The fraction of sp³-hybridized carbons (Fsp3) is 0.538. The van der Waals surface area contributed by atoms with Crippen molar-refractivity contribution >= 4 is 23.0 Å². The van der Waals surface area contributed by atoms with Crippen molar-refractivity contribution in [2.45, 2.75) is 38.1 Å².